The number of nitro benzene ring substituents is 1. The van der Waals surface area contributed by atoms with Crippen LogP contribution in [0.3, 0.4) is 0 Å². The van der Waals surface area contributed by atoms with Crippen molar-refractivity contribution < 1.29 is 33.5 Å². The Hall–Kier alpha value is -4.26. The molecule has 36 heavy (non-hydrogen) atoms. The van der Waals surface area contributed by atoms with E-state index in [1.807, 2.05) is 0 Å². The maximum Gasteiger partial charge on any atom is 0.348 e. The number of anilines is 1. The lowest BCUT2D eigenvalue weighted by atomic mass is 10.1. The fraction of sp³-hybridized carbons (Fsp3) is 0.304. The van der Waals surface area contributed by atoms with Gasteiger partial charge in [-0.2, -0.15) is 5.10 Å². The number of ether oxygens (including phenoxy) is 3. The topological polar surface area (TPSA) is 152 Å². The van der Waals surface area contributed by atoms with Gasteiger partial charge in [-0.3, -0.25) is 14.9 Å². The second kappa shape index (κ2) is 11.4. The molecule has 0 fully saturated rings. The minimum Gasteiger partial charge on any atom is -0.464 e. The Balaban J connectivity index is 1.79. The summed E-state index contributed by atoms with van der Waals surface area (Å²) in [7, 11) is 0. The van der Waals surface area contributed by atoms with Crippen LogP contribution in [0.1, 0.15) is 56.9 Å². The number of nitro groups is 1. The van der Waals surface area contributed by atoms with Gasteiger partial charge in [0.05, 0.1) is 23.2 Å². The van der Waals surface area contributed by atoms with E-state index in [1.165, 1.54) is 35.1 Å². The van der Waals surface area contributed by atoms with E-state index in [-0.39, 0.29) is 45.9 Å². The highest BCUT2D eigenvalue weighted by Crippen LogP contribution is 2.35. The number of thiophene rings is 1. The lowest BCUT2D eigenvalue weighted by molar-refractivity contribution is -0.386. The van der Waals surface area contributed by atoms with Crippen LogP contribution in [0.15, 0.2) is 36.5 Å². The van der Waals surface area contributed by atoms with E-state index in [4.69, 9.17) is 14.2 Å². The first-order chi connectivity index (χ1) is 17.1. The van der Waals surface area contributed by atoms with Crippen molar-refractivity contribution in [2.24, 2.45) is 0 Å². The van der Waals surface area contributed by atoms with Gasteiger partial charge in [-0.25, -0.2) is 14.3 Å². The smallest absolute Gasteiger partial charge is 0.348 e. The summed E-state index contributed by atoms with van der Waals surface area (Å²) in [6.07, 6.45) is 1.05. The third-order valence-electron chi connectivity index (χ3n) is 4.67. The molecule has 0 aliphatic heterocycles. The van der Waals surface area contributed by atoms with Gasteiger partial charge >= 0.3 is 17.6 Å². The third kappa shape index (κ3) is 6.05. The van der Waals surface area contributed by atoms with Gasteiger partial charge in [0.15, 0.2) is 18.2 Å². The Morgan fingerprint density at radius 2 is 1.92 bits per heavy atom. The number of hydrogen-bond acceptors (Lipinski definition) is 10. The molecular weight excluding hydrogens is 492 g/mol. The molecule has 0 aliphatic carbocycles. The highest BCUT2D eigenvalue weighted by molar-refractivity contribution is 7.18. The number of nitrogens with one attached hydrogen (secondary N) is 1. The average molecular weight is 517 g/mol. The van der Waals surface area contributed by atoms with Crippen molar-refractivity contribution in [3.05, 3.63) is 68.3 Å². The molecule has 0 aliphatic rings. The molecule has 3 rings (SSSR count). The van der Waals surface area contributed by atoms with Crippen LogP contribution in [0.25, 0.3) is 0 Å². The number of aromatic nitrogens is 2. The summed E-state index contributed by atoms with van der Waals surface area (Å²) in [5.74, 6) is -1.89. The molecule has 12 nitrogen and oxygen atoms in total. The number of amides is 1. The van der Waals surface area contributed by atoms with Gasteiger partial charge in [0.2, 0.25) is 0 Å². The number of rotatable bonds is 10. The predicted molar refractivity (Wildman–Crippen MR) is 129 cm³/mol. The molecular formula is C23H24N4O8S. The van der Waals surface area contributed by atoms with Crippen LogP contribution in [0, 0.1) is 17.0 Å². The van der Waals surface area contributed by atoms with E-state index >= 15 is 0 Å². The zero-order valence-electron chi connectivity index (χ0n) is 20.0. The molecule has 0 saturated heterocycles. The zero-order chi connectivity index (χ0) is 26.4. The number of para-hydroxylation sites is 2. The van der Waals surface area contributed by atoms with Crippen molar-refractivity contribution in [1.82, 2.24) is 9.78 Å². The number of hydrogen-bond donors (Lipinski definition) is 1. The molecule has 0 radical (unpaired) electrons. The molecule has 2 heterocycles. The summed E-state index contributed by atoms with van der Waals surface area (Å²) in [4.78, 5) is 48.7. The predicted octanol–water partition coefficient (Wildman–Crippen LogP) is 4.19. The molecule has 3 aromatic rings. The number of carbonyl (C=O) groups excluding carboxylic acids is 3. The zero-order valence-corrected chi connectivity index (χ0v) is 20.8. The molecule has 0 unspecified atom stereocenters. The summed E-state index contributed by atoms with van der Waals surface area (Å²) >= 11 is 0.901. The fourth-order valence-electron chi connectivity index (χ4n) is 3.10. The summed E-state index contributed by atoms with van der Waals surface area (Å²) in [5.41, 5.74) is 0.189. The summed E-state index contributed by atoms with van der Waals surface area (Å²) in [5, 5.41) is 18.0. The molecule has 2 aromatic heterocycles. The van der Waals surface area contributed by atoms with Crippen molar-refractivity contribution >= 4 is 39.9 Å². The van der Waals surface area contributed by atoms with Crippen LogP contribution in [-0.4, -0.2) is 45.3 Å². The van der Waals surface area contributed by atoms with Gasteiger partial charge in [0.1, 0.15) is 9.88 Å². The quantitative estimate of drug-likeness (QED) is 0.237. The van der Waals surface area contributed by atoms with E-state index in [1.54, 1.807) is 33.8 Å². The lowest BCUT2D eigenvalue weighted by Crippen LogP contribution is -2.18. The van der Waals surface area contributed by atoms with Gasteiger partial charge < -0.3 is 19.5 Å². The normalized spacial score (nSPS) is 10.7. The summed E-state index contributed by atoms with van der Waals surface area (Å²) in [6, 6.07) is 7.29. The minimum atomic E-state index is -0.687. The van der Waals surface area contributed by atoms with Crippen LogP contribution in [0.5, 0.6) is 5.75 Å². The number of nitrogens with zero attached hydrogens (tertiary/aromatic N) is 3. The first-order valence-corrected chi connectivity index (χ1v) is 11.7. The molecule has 1 N–H and O–H groups in total. The standard InChI is InChI=1S/C23H24N4O8S/c1-5-33-23(30)19-14(4)18(22(29)35-13(2)3)21(36-19)24-20(28)15-10-11-26(25-15)12-34-17-9-7-6-8-16(17)27(31)32/h6-11,13H,5,12H2,1-4H3,(H,24,28). The largest absolute Gasteiger partial charge is 0.464 e. The Morgan fingerprint density at radius 1 is 1.19 bits per heavy atom. The van der Waals surface area contributed by atoms with Crippen LogP contribution >= 0.6 is 11.3 Å². The first kappa shape index (κ1) is 26.3. The maximum atomic E-state index is 12.9. The van der Waals surface area contributed by atoms with Crippen molar-refractivity contribution in [3.8, 4) is 5.75 Å². The molecule has 0 saturated carbocycles. The second-order valence-corrected chi connectivity index (χ2v) is 8.65. The van der Waals surface area contributed by atoms with Crippen LogP contribution in [0.2, 0.25) is 0 Å². The van der Waals surface area contributed by atoms with Crippen LogP contribution in [-0.2, 0) is 16.2 Å². The molecule has 1 aromatic carbocycles. The van der Waals surface area contributed by atoms with E-state index in [2.05, 4.69) is 10.4 Å². The van der Waals surface area contributed by atoms with Gasteiger partial charge in [0.25, 0.3) is 5.91 Å². The van der Waals surface area contributed by atoms with Gasteiger partial charge in [0, 0.05) is 12.3 Å². The van der Waals surface area contributed by atoms with Gasteiger partial charge in [-0.05, 0) is 45.4 Å². The van der Waals surface area contributed by atoms with Gasteiger partial charge in [-0.1, -0.05) is 12.1 Å². The fourth-order valence-corrected chi connectivity index (χ4v) is 4.18. The molecule has 1 amide bonds. The number of benzene rings is 1. The Kier molecular flexibility index (Phi) is 8.38. The summed E-state index contributed by atoms with van der Waals surface area (Å²) in [6.45, 7) is 6.56. The SMILES string of the molecule is CCOC(=O)c1sc(NC(=O)c2ccn(COc3ccccc3[N+](=O)[O-])n2)c(C(=O)OC(C)C)c1C. The highest BCUT2D eigenvalue weighted by Gasteiger charge is 2.28. The highest BCUT2D eigenvalue weighted by atomic mass is 32.1. The molecule has 190 valence electrons. The van der Waals surface area contributed by atoms with Gasteiger partial charge in [-0.15, -0.1) is 11.3 Å². The average Bonchev–Trinajstić information content (AvgIpc) is 3.42. The third-order valence-corrected chi connectivity index (χ3v) is 5.86. The minimum absolute atomic E-state index is 0.00641. The van der Waals surface area contributed by atoms with Crippen LogP contribution < -0.4 is 10.1 Å². The van der Waals surface area contributed by atoms with Crippen molar-refractivity contribution in [3.63, 3.8) is 0 Å². The van der Waals surface area contributed by atoms with E-state index in [0.29, 0.717) is 5.56 Å². The number of carbonyl (C=O) groups is 3. The van der Waals surface area contributed by atoms with E-state index < -0.39 is 28.9 Å². The van der Waals surface area contributed by atoms with E-state index in [9.17, 15) is 24.5 Å². The number of esters is 2. The lowest BCUT2D eigenvalue weighted by Gasteiger charge is -2.10. The Bertz CT molecular complexity index is 1300. The molecule has 0 atom stereocenters. The Morgan fingerprint density at radius 3 is 2.58 bits per heavy atom. The van der Waals surface area contributed by atoms with Crippen molar-refractivity contribution in [1.29, 1.82) is 0 Å². The maximum absolute atomic E-state index is 12.9. The van der Waals surface area contributed by atoms with E-state index in [0.717, 1.165) is 11.3 Å². The molecule has 13 heteroatoms. The first-order valence-electron chi connectivity index (χ1n) is 10.8. The monoisotopic (exact) mass is 516 g/mol. The summed E-state index contributed by atoms with van der Waals surface area (Å²) < 4.78 is 17.1. The van der Waals surface area contributed by atoms with Crippen LogP contribution in [0.4, 0.5) is 10.7 Å². The van der Waals surface area contributed by atoms with Crippen molar-refractivity contribution in [2.75, 3.05) is 11.9 Å². The Labute approximate surface area is 209 Å². The molecule has 0 spiro atoms. The second-order valence-electron chi connectivity index (χ2n) is 7.63. The molecule has 0 bridgehead atoms. The van der Waals surface area contributed by atoms with Crippen molar-refractivity contribution in [2.45, 2.75) is 40.5 Å².